The van der Waals surface area contributed by atoms with Gasteiger partial charge in [0, 0.05) is 25.7 Å². The summed E-state index contributed by atoms with van der Waals surface area (Å²) in [4.78, 5) is 0. The number of hydrogen-bond donors (Lipinski definition) is 1. The van der Waals surface area contributed by atoms with Crippen molar-refractivity contribution >= 4 is 0 Å². The molecule has 1 N–H and O–H groups in total. The molecule has 1 unspecified atom stereocenters. The fraction of sp³-hybridized carbons (Fsp3) is 0.500. The van der Waals surface area contributed by atoms with Crippen molar-refractivity contribution in [3.8, 4) is 0 Å². The third-order valence-corrected chi connectivity index (χ3v) is 2.66. The summed E-state index contributed by atoms with van der Waals surface area (Å²) in [7, 11) is 0. The van der Waals surface area contributed by atoms with Gasteiger partial charge >= 0.3 is 0 Å². The van der Waals surface area contributed by atoms with E-state index in [0.29, 0.717) is 6.04 Å². The number of benzene rings is 1. The highest BCUT2D eigenvalue weighted by molar-refractivity contribution is 5.14. The van der Waals surface area contributed by atoms with E-state index in [9.17, 15) is 0 Å². The lowest BCUT2D eigenvalue weighted by Crippen LogP contribution is -2.44. The van der Waals surface area contributed by atoms with E-state index < -0.39 is 0 Å². The fourth-order valence-corrected chi connectivity index (χ4v) is 1.83. The van der Waals surface area contributed by atoms with E-state index in [2.05, 4.69) is 41.0 Å². The third-order valence-electron chi connectivity index (χ3n) is 2.66. The van der Waals surface area contributed by atoms with Gasteiger partial charge in [-0.3, -0.25) is 0 Å². The van der Waals surface area contributed by atoms with Crippen LogP contribution in [0.25, 0.3) is 0 Å². The van der Waals surface area contributed by atoms with Crippen LogP contribution in [0, 0.1) is 0 Å². The highest BCUT2D eigenvalue weighted by Crippen LogP contribution is 2.06. The van der Waals surface area contributed by atoms with Gasteiger partial charge in [-0.05, 0) is 18.4 Å². The van der Waals surface area contributed by atoms with Crippen molar-refractivity contribution in [3.05, 3.63) is 35.9 Å². The van der Waals surface area contributed by atoms with Crippen LogP contribution in [-0.4, -0.2) is 25.7 Å². The predicted octanol–water partition coefficient (Wildman–Crippen LogP) is 1.20. The fourth-order valence-electron chi connectivity index (χ4n) is 1.83. The molecule has 1 aromatic carbocycles. The van der Waals surface area contributed by atoms with Crippen LogP contribution >= 0.6 is 0 Å². The van der Waals surface area contributed by atoms with Crippen LogP contribution < -0.4 is 10.6 Å². The molecule has 2 rings (SSSR count). The summed E-state index contributed by atoms with van der Waals surface area (Å²) in [5.74, 6) is 0. The van der Waals surface area contributed by atoms with Gasteiger partial charge in [-0.1, -0.05) is 30.3 Å². The molecule has 1 aliphatic rings. The quantitative estimate of drug-likeness (QED) is 0.759. The second-order valence-electron chi connectivity index (χ2n) is 3.79. The molecule has 2 nitrogen and oxygen atoms in total. The zero-order valence-corrected chi connectivity index (χ0v) is 8.45. The molecule has 1 fully saturated rings. The molecule has 14 heavy (non-hydrogen) atoms. The lowest BCUT2D eigenvalue weighted by Gasteiger charge is -2.22. The number of rotatable bonds is 3. The zero-order chi connectivity index (χ0) is 9.64. The molecule has 1 aromatic rings. The van der Waals surface area contributed by atoms with Gasteiger partial charge in [-0.15, -0.1) is 0 Å². The maximum absolute atomic E-state index is 4.58. The Bertz CT molecular complexity index is 252. The molecule has 0 saturated carbocycles. The van der Waals surface area contributed by atoms with Crippen LogP contribution in [0.1, 0.15) is 12.0 Å². The van der Waals surface area contributed by atoms with E-state index in [1.807, 2.05) is 0 Å². The normalized spacial score (nSPS) is 22.1. The summed E-state index contributed by atoms with van der Waals surface area (Å²) in [5.41, 5.74) is 1.42. The second-order valence-corrected chi connectivity index (χ2v) is 3.79. The first-order valence-corrected chi connectivity index (χ1v) is 5.36. The van der Waals surface area contributed by atoms with Gasteiger partial charge in [0.25, 0.3) is 0 Å². The number of aryl methyl sites for hydroxylation is 1. The summed E-state index contributed by atoms with van der Waals surface area (Å²) in [6.45, 7) is 3.11. The Kier molecular flexibility index (Phi) is 3.55. The van der Waals surface area contributed by atoms with Crippen molar-refractivity contribution in [2.45, 2.75) is 18.9 Å². The van der Waals surface area contributed by atoms with Gasteiger partial charge in [0.1, 0.15) is 0 Å². The molecule has 75 valence electrons. The van der Waals surface area contributed by atoms with Crippen molar-refractivity contribution in [2.24, 2.45) is 0 Å². The van der Waals surface area contributed by atoms with E-state index in [1.165, 1.54) is 12.0 Å². The number of nitrogens with one attached hydrogen (secondary N) is 1. The van der Waals surface area contributed by atoms with Crippen molar-refractivity contribution in [2.75, 3.05) is 19.6 Å². The van der Waals surface area contributed by atoms with E-state index >= 15 is 0 Å². The third kappa shape index (κ3) is 2.82. The standard InChI is InChI=1S/C12H17N2/c1-2-4-11(5-3-1)6-7-12-10-13-8-9-14-12/h1-5,12-13H,6-10H2. The summed E-state index contributed by atoms with van der Waals surface area (Å²) < 4.78 is 0. The Morgan fingerprint density at radius 1 is 1.29 bits per heavy atom. The lowest BCUT2D eigenvalue weighted by molar-refractivity contribution is 0.392. The zero-order valence-electron chi connectivity index (χ0n) is 8.45. The van der Waals surface area contributed by atoms with E-state index in [4.69, 9.17) is 0 Å². The van der Waals surface area contributed by atoms with Crippen LogP contribution in [0.5, 0.6) is 0 Å². The molecule has 1 radical (unpaired) electrons. The maximum Gasteiger partial charge on any atom is 0.0374 e. The Morgan fingerprint density at radius 3 is 2.86 bits per heavy atom. The van der Waals surface area contributed by atoms with Gasteiger partial charge in [0.05, 0.1) is 0 Å². The largest absolute Gasteiger partial charge is 0.314 e. The SMILES string of the molecule is c1ccc(CCC2CNCC[N]2)cc1. The van der Waals surface area contributed by atoms with Crippen LogP contribution in [0.2, 0.25) is 0 Å². The first-order chi connectivity index (χ1) is 6.95. The van der Waals surface area contributed by atoms with Crippen molar-refractivity contribution in [1.82, 2.24) is 10.6 Å². The number of nitrogens with zero attached hydrogens (tertiary/aromatic N) is 1. The lowest BCUT2D eigenvalue weighted by atomic mass is 10.0. The van der Waals surface area contributed by atoms with Gasteiger partial charge < -0.3 is 5.32 Å². The number of piperazine rings is 1. The molecular formula is C12H17N2. The Morgan fingerprint density at radius 2 is 2.14 bits per heavy atom. The molecule has 1 heterocycles. The number of hydrogen-bond acceptors (Lipinski definition) is 1. The maximum atomic E-state index is 4.58. The molecule has 0 amide bonds. The van der Waals surface area contributed by atoms with E-state index in [1.54, 1.807) is 0 Å². The first kappa shape index (κ1) is 9.69. The highest BCUT2D eigenvalue weighted by Gasteiger charge is 2.12. The summed E-state index contributed by atoms with van der Waals surface area (Å²) >= 11 is 0. The van der Waals surface area contributed by atoms with Crippen LogP contribution in [0.3, 0.4) is 0 Å². The molecule has 0 spiro atoms. The van der Waals surface area contributed by atoms with Crippen LogP contribution in [0.15, 0.2) is 30.3 Å². The van der Waals surface area contributed by atoms with Gasteiger partial charge in [0.2, 0.25) is 0 Å². The van der Waals surface area contributed by atoms with Crippen molar-refractivity contribution < 1.29 is 0 Å². The van der Waals surface area contributed by atoms with Gasteiger partial charge in [0.15, 0.2) is 0 Å². The van der Waals surface area contributed by atoms with Crippen molar-refractivity contribution in [1.29, 1.82) is 0 Å². The van der Waals surface area contributed by atoms with Crippen LogP contribution in [-0.2, 0) is 6.42 Å². The summed E-state index contributed by atoms with van der Waals surface area (Å²) in [6.07, 6.45) is 2.33. The predicted molar refractivity (Wildman–Crippen MR) is 58.4 cm³/mol. The second kappa shape index (κ2) is 5.13. The minimum atomic E-state index is 0.531. The molecule has 0 aliphatic carbocycles. The summed E-state index contributed by atoms with van der Waals surface area (Å²) in [6, 6.07) is 11.2. The molecule has 0 bridgehead atoms. The molecule has 1 saturated heterocycles. The van der Waals surface area contributed by atoms with Crippen LogP contribution in [0.4, 0.5) is 0 Å². The minimum absolute atomic E-state index is 0.531. The average molecular weight is 189 g/mol. The smallest absolute Gasteiger partial charge is 0.0374 e. The molecule has 2 heteroatoms. The first-order valence-electron chi connectivity index (χ1n) is 5.36. The minimum Gasteiger partial charge on any atom is -0.314 e. The monoisotopic (exact) mass is 189 g/mol. The Hall–Kier alpha value is -0.860. The molecule has 1 atom stereocenters. The Balaban J connectivity index is 1.76. The summed E-state index contributed by atoms with van der Waals surface area (Å²) in [5, 5.41) is 7.96. The molecule has 0 aromatic heterocycles. The van der Waals surface area contributed by atoms with Gasteiger partial charge in [-0.25, -0.2) is 5.32 Å². The molecular weight excluding hydrogens is 172 g/mol. The van der Waals surface area contributed by atoms with Crippen molar-refractivity contribution in [3.63, 3.8) is 0 Å². The highest BCUT2D eigenvalue weighted by atomic mass is 15.0. The van der Waals surface area contributed by atoms with E-state index in [0.717, 1.165) is 26.1 Å². The van der Waals surface area contributed by atoms with Gasteiger partial charge in [-0.2, -0.15) is 0 Å². The topological polar surface area (TPSA) is 26.1 Å². The Labute approximate surface area is 85.7 Å². The van der Waals surface area contributed by atoms with E-state index in [-0.39, 0.29) is 0 Å². The average Bonchev–Trinajstić information content (AvgIpc) is 2.29. The molecule has 1 aliphatic heterocycles.